The van der Waals surface area contributed by atoms with Crippen molar-refractivity contribution in [3.8, 4) is 40.1 Å². The number of fused-ring (bicyclic) bond motifs is 10. The Bertz CT molecular complexity index is 3100. The van der Waals surface area contributed by atoms with Gasteiger partial charge in [-0.25, -0.2) is 0 Å². The van der Waals surface area contributed by atoms with Crippen LogP contribution in [0.3, 0.4) is 0 Å². The molecule has 12 rings (SSSR count). The van der Waals surface area contributed by atoms with Crippen LogP contribution in [0.4, 0.5) is 17.1 Å². The first-order valence-corrected chi connectivity index (χ1v) is 17.7. The van der Waals surface area contributed by atoms with Crippen molar-refractivity contribution in [1.82, 2.24) is 14.1 Å². The number of aryl methyl sites for hydroxylation is 2. The van der Waals surface area contributed by atoms with Gasteiger partial charge in [0.1, 0.15) is 5.69 Å². The average Bonchev–Trinajstić information content (AvgIpc) is 3.89. The van der Waals surface area contributed by atoms with Gasteiger partial charge >= 0.3 is 20.1 Å². The maximum absolute atomic E-state index is 6.67. The van der Waals surface area contributed by atoms with Crippen LogP contribution in [0.5, 0.6) is 23.0 Å². The number of rotatable bonds is 2. The molecule has 0 amide bonds. The number of para-hydroxylation sites is 9. The summed E-state index contributed by atoms with van der Waals surface area (Å²) in [4.78, 5) is 7.11. The van der Waals surface area contributed by atoms with Crippen LogP contribution >= 0.6 is 0 Å². The quantitative estimate of drug-likeness (QED) is 0.128. The van der Waals surface area contributed by atoms with Crippen molar-refractivity contribution in [3.63, 3.8) is 0 Å². The van der Waals surface area contributed by atoms with Crippen LogP contribution in [-0.2, 0) is 34.2 Å². The van der Waals surface area contributed by atoms with Crippen molar-refractivity contribution >= 4 is 61.1 Å². The smallest absolute Gasteiger partial charge is 0.497 e. The maximum Gasteiger partial charge on any atom is 3.00 e. The van der Waals surface area contributed by atoms with Crippen LogP contribution in [0.25, 0.3) is 61.1 Å². The molecule has 0 spiro atoms. The summed E-state index contributed by atoms with van der Waals surface area (Å²) >= 11 is 0. The number of imidazole rings is 2. The molecule has 0 N–H and O–H groups in total. The summed E-state index contributed by atoms with van der Waals surface area (Å²) in [5.74, 6) is 3.71. The number of aromatic nitrogens is 4. The van der Waals surface area contributed by atoms with Crippen LogP contribution in [0.15, 0.2) is 144 Å². The minimum atomic E-state index is 0. The fraction of sp³-hybridized carbons (Fsp3) is 0.0435. The summed E-state index contributed by atoms with van der Waals surface area (Å²) in [6.45, 7) is 0. The first kappa shape index (κ1) is 32.9. The van der Waals surface area contributed by atoms with Gasteiger partial charge < -0.3 is 27.6 Å². The summed E-state index contributed by atoms with van der Waals surface area (Å²) in [5, 5.41) is 1.87. The summed E-state index contributed by atoms with van der Waals surface area (Å²) in [6.07, 6.45) is 3.27. The van der Waals surface area contributed by atoms with E-state index < -0.39 is 0 Å². The van der Waals surface area contributed by atoms with E-state index in [1.807, 2.05) is 126 Å². The van der Waals surface area contributed by atoms with E-state index in [2.05, 4.69) is 64.3 Å². The monoisotopic (exact) mass is 892 g/mol. The second kappa shape index (κ2) is 12.7. The van der Waals surface area contributed by atoms with E-state index in [0.29, 0.717) is 16.9 Å². The Morgan fingerprint density at radius 1 is 0.655 bits per heavy atom. The molecule has 0 atom stereocenters. The zero-order valence-electron chi connectivity index (χ0n) is 29.6. The Labute approximate surface area is 329 Å². The molecule has 55 heavy (non-hydrogen) atoms. The molecule has 5 heterocycles. The van der Waals surface area contributed by atoms with E-state index in [9.17, 15) is 0 Å². The van der Waals surface area contributed by atoms with Crippen LogP contribution in [0.1, 0.15) is 0 Å². The zero-order valence-corrected chi connectivity index (χ0v) is 32.0. The molecule has 2 aliphatic heterocycles. The van der Waals surface area contributed by atoms with Gasteiger partial charge in [0.05, 0.1) is 51.9 Å². The summed E-state index contributed by atoms with van der Waals surface area (Å²) in [5.41, 5.74) is 10.2. The fourth-order valence-electron chi connectivity index (χ4n) is 7.69. The van der Waals surface area contributed by atoms with E-state index >= 15 is 0 Å². The molecular weight excluding hydrogens is 863 g/mol. The number of ether oxygens (including phenoxy) is 2. The van der Waals surface area contributed by atoms with Gasteiger partial charge in [-0.05, 0) is 42.5 Å². The van der Waals surface area contributed by atoms with Gasteiger partial charge in [0.25, 0.3) is 0 Å². The van der Waals surface area contributed by atoms with Crippen molar-refractivity contribution in [3.05, 3.63) is 158 Å². The molecule has 2 aliphatic rings. The number of nitrogens with zero attached hydrogens (tertiary/aromatic N) is 5. The average molecular weight is 892 g/mol. The number of anilines is 3. The first-order chi connectivity index (χ1) is 26.6. The third-order valence-electron chi connectivity index (χ3n) is 10.2. The molecule has 0 bridgehead atoms. The fourth-order valence-corrected chi connectivity index (χ4v) is 7.69. The largest absolute Gasteiger partial charge is 3.00 e. The van der Waals surface area contributed by atoms with Gasteiger partial charge in [-0.2, -0.15) is 30.3 Å². The van der Waals surface area contributed by atoms with E-state index in [1.165, 1.54) is 5.52 Å². The first-order valence-electron chi connectivity index (χ1n) is 17.7. The summed E-state index contributed by atoms with van der Waals surface area (Å²) in [6, 6.07) is 53.0. The van der Waals surface area contributed by atoms with E-state index in [4.69, 9.17) is 18.9 Å². The Hall–Kier alpha value is -6.67. The van der Waals surface area contributed by atoms with Gasteiger partial charge in [-0.1, -0.05) is 77.3 Å². The van der Waals surface area contributed by atoms with Gasteiger partial charge in [-0.15, -0.1) is 18.2 Å². The normalized spacial score (nSPS) is 12.3. The molecule has 0 radical (unpaired) electrons. The molecule has 0 unspecified atom stereocenters. The minimum absolute atomic E-state index is 0. The molecular formula is C46H29IrN5O3+. The maximum atomic E-state index is 6.67. The van der Waals surface area contributed by atoms with E-state index in [-0.39, 0.29) is 20.1 Å². The Kier molecular flexibility index (Phi) is 7.62. The van der Waals surface area contributed by atoms with Crippen LogP contribution < -0.4 is 18.9 Å². The predicted molar refractivity (Wildman–Crippen MR) is 209 cm³/mol. The zero-order chi connectivity index (χ0) is 35.9. The molecule has 9 heteroatoms. The Morgan fingerprint density at radius 2 is 1.36 bits per heavy atom. The molecule has 8 nitrogen and oxygen atoms in total. The molecule has 0 saturated heterocycles. The standard InChI is InChI=1S/C32H18N3O3.C14H11N2.Ir/c1-34-22-12-3-2-11-21(22)33-32(34)19-10-8-9-18-20-17-27-28-31(30(20)38-29(18)19)37-26-16-7-5-14-24(26)35(28)23-13-4-6-15-25(23)36-27;1-15-11-16(12-7-3-2-4-8-12)14-10-6-5-9-13(14)15;/h2-9,11-17H,1H3;2-7,9-10H,1H3;/q2*-1;+3. The van der Waals surface area contributed by atoms with Crippen molar-refractivity contribution in [2.24, 2.45) is 14.1 Å². The Morgan fingerprint density at radius 3 is 2.15 bits per heavy atom. The van der Waals surface area contributed by atoms with Gasteiger partial charge in [0.15, 0.2) is 28.6 Å². The molecule has 10 aromatic rings. The third kappa shape index (κ3) is 5.01. The molecule has 0 aliphatic carbocycles. The number of furan rings is 1. The molecule has 0 saturated carbocycles. The van der Waals surface area contributed by atoms with E-state index in [1.54, 1.807) is 0 Å². The topological polar surface area (TPSA) is 61.5 Å². The molecule has 0 fully saturated rings. The summed E-state index contributed by atoms with van der Waals surface area (Å²) in [7, 11) is 4.02. The van der Waals surface area contributed by atoms with Gasteiger partial charge in [0, 0.05) is 12.4 Å². The number of benzene rings is 7. The second-order valence-electron chi connectivity index (χ2n) is 13.3. The van der Waals surface area contributed by atoms with Crippen LogP contribution in [0.2, 0.25) is 0 Å². The molecule has 7 aromatic carbocycles. The Balaban J connectivity index is 0.000000184. The van der Waals surface area contributed by atoms with Gasteiger partial charge in [0.2, 0.25) is 6.33 Å². The third-order valence-corrected chi connectivity index (χ3v) is 10.2. The predicted octanol–water partition coefficient (Wildman–Crippen LogP) is 10.7. The second-order valence-corrected chi connectivity index (χ2v) is 13.3. The molecule has 264 valence electrons. The minimum Gasteiger partial charge on any atom is -0.497 e. The number of hydrogen-bond acceptors (Lipinski definition) is 5. The molecule has 3 aromatic heterocycles. The van der Waals surface area contributed by atoms with Crippen LogP contribution in [-0.4, -0.2) is 14.1 Å². The van der Waals surface area contributed by atoms with Crippen LogP contribution in [0, 0.1) is 18.5 Å². The SMILES string of the molecule is C[n+]1[c-]n(-c2[c-]cccc2)c2ccccc21.Cn1c(-c2[c-]ccc3c2oc2c4c5c(cc23)Oc2ccccc2N5c2ccccc2O4)nc2ccccc21.[Ir+3]. The summed E-state index contributed by atoms with van der Waals surface area (Å²) < 4.78 is 25.8. The number of hydrogen-bond donors (Lipinski definition) is 0. The van der Waals surface area contributed by atoms with Crippen molar-refractivity contribution in [2.75, 3.05) is 4.90 Å². The van der Waals surface area contributed by atoms with Gasteiger partial charge in [-0.3, -0.25) is 9.88 Å². The van der Waals surface area contributed by atoms with Crippen molar-refractivity contribution < 1.29 is 38.6 Å². The van der Waals surface area contributed by atoms with Crippen molar-refractivity contribution in [2.45, 2.75) is 0 Å². The van der Waals surface area contributed by atoms with E-state index in [0.717, 1.165) is 78.7 Å². The van der Waals surface area contributed by atoms with Crippen molar-refractivity contribution in [1.29, 1.82) is 0 Å².